The Kier molecular flexibility index (Phi) is 4.68. The monoisotopic (exact) mass is 328 g/mol. The molecule has 0 amide bonds. The van der Waals surface area contributed by atoms with Crippen molar-refractivity contribution in [2.45, 2.75) is 52.1 Å². The van der Waals surface area contributed by atoms with Gasteiger partial charge in [0.2, 0.25) is 0 Å². The molecule has 0 N–H and O–H groups in total. The lowest BCUT2D eigenvalue weighted by Gasteiger charge is -2.38. The molecular formula is C20H28N2O2. The summed E-state index contributed by atoms with van der Waals surface area (Å²) in [6, 6.07) is 6.91. The molecule has 1 aliphatic heterocycles. The number of methoxy groups -OCH3 is 1. The van der Waals surface area contributed by atoms with E-state index in [0.29, 0.717) is 18.6 Å². The highest BCUT2D eigenvalue weighted by Gasteiger charge is 2.28. The quantitative estimate of drug-likeness (QED) is 0.797. The smallest absolute Gasteiger partial charge is 0.179 e. The first-order chi connectivity index (χ1) is 11.4. The van der Waals surface area contributed by atoms with Crippen LogP contribution in [0.2, 0.25) is 0 Å². The molecule has 1 aromatic heterocycles. The number of hydrogen-bond donors (Lipinski definition) is 0. The molecule has 1 aromatic carbocycles. The fraction of sp³-hybridized carbons (Fsp3) is 0.550. The third-order valence-corrected chi connectivity index (χ3v) is 5.68. The van der Waals surface area contributed by atoms with Crippen LogP contribution in [0, 0.1) is 6.92 Å². The van der Waals surface area contributed by atoms with Crippen molar-refractivity contribution in [3.8, 4) is 5.75 Å². The molecule has 0 unspecified atom stereocenters. The van der Waals surface area contributed by atoms with Gasteiger partial charge in [0.1, 0.15) is 5.75 Å². The molecule has 2 aromatic rings. The summed E-state index contributed by atoms with van der Waals surface area (Å²) < 4.78 is 7.46. The van der Waals surface area contributed by atoms with E-state index in [4.69, 9.17) is 4.74 Å². The highest BCUT2D eigenvalue weighted by molar-refractivity contribution is 6.10. The lowest BCUT2D eigenvalue weighted by molar-refractivity contribution is 0.0735. The Morgan fingerprint density at radius 1 is 1.25 bits per heavy atom. The molecule has 3 rings (SSSR count). The van der Waals surface area contributed by atoms with Crippen molar-refractivity contribution < 1.29 is 9.53 Å². The number of carbonyl (C=O) groups is 1. The second-order valence-electron chi connectivity index (χ2n) is 7.13. The molecule has 2 heterocycles. The Morgan fingerprint density at radius 3 is 2.54 bits per heavy atom. The first-order valence-corrected chi connectivity index (χ1v) is 8.86. The summed E-state index contributed by atoms with van der Waals surface area (Å²) in [6.45, 7) is 7.01. The minimum Gasteiger partial charge on any atom is -0.497 e. The zero-order valence-electron chi connectivity index (χ0n) is 15.4. The summed E-state index contributed by atoms with van der Waals surface area (Å²) in [5.74, 6) is 1.01. The maximum Gasteiger partial charge on any atom is 0.179 e. The van der Waals surface area contributed by atoms with E-state index in [1.165, 1.54) is 19.3 Å². The third kappa shape index (κ3) is 2.84. The molecule has 1 fully saturated rings. The Balaban J connectivity index is 1.98. The third-order valence-electron chi connectivity index (χ3n) is 5.68. The van der Waals surface area contributed by atoms with Crippen LogP contribution in [-0.2, 0) is 7.05 Å². The number of ketones is 1. The molecule has 4 heteroatoms. The summed E-state index contributed by atoms with van der Waals surface area (Å²) in [4.78, 5) is 15.5. The fourth-order valence-electron chi connectivity index (χ4n) is 4.06. The standard InChI is InChI=1S/C20H28N2O2/c1-13-7-6-8-14(2)22(13)12-19(23)20-15(3)21(4)18-10-9-16(24-5)11-17(18)20/h9-11,13-14H,6-8,12H2,1-5H3/t13-,14+. The van der Waals surface area contributed by atoms with Gasteiger partial charge in [0, 0.05) is 41.3 Å². The molecule has 0 saturated carbocycles. The van der Waals surface area contributed by atoms with Crippen molar-refractivity contribution in [2.75, 3.05) is 13.7 Å². The van der Waals surface area contributed by atoms with E-state index in [1.807, 2.05) is 32.2 Å². The van der Waals surface area contributed by atoms with Gasteiger partial charge in [-0.05, 0) is 51.8 Å². The van der Waals surface area contributed by atoms with Gasteiger partial charge in [0.25, 0.3) is 0 Å². The predicted octanol–water partition coefficient (Wildman–Crippen LogP) is 3.94. The Labute approximate surface area is 144 Å². The van der Waals surface area contributed by atoms with Gasteiger partial charge in [-0.3, -0.25) is 9.69 Å². The first-order valence-electron chi connectivity index (χ1n) is 8.86. The Morgan fingerprint density at radius 2 is 1.92 bits per heavy atom. The van der Waals surface area contributed by atoms with Crippen molar-refractivity contribution in [3.05, 3.63) is 29.5 Å². The summed E-state index contributed by atoms with van der Waals surface area (Å²) in [5.41, 5.74) is 2.95. The van der Waals surface area contributed by atoms with Crippen molar-refractivity contribution in [3.63, 3.8) is 0 Å². The highest BCUT2D eigenvalue weighted by atomic mass is 16.5. The molecule has 0 spiro atoms. The number of Topliss-reactive ketones (excluding diaryl/α,β-unsaturated/α-hetero) is 1. The number of benzene rings is 1. The number of carbonyl (C=O) groups excluding carboxylic acids is 1. The van der Waals surface area contributed by atoms with E-state index >= 15 is 0 Å². The average Bonchev–Trinajstić information content (AvgIpc) is 2.81. The van der Waals surface area contributed by atoms with E-state index in [1.54, 1.807) is 7.11 Å². The second-order valence-corrected chi connectivity index (χ2v) is 7.13. The van der Waals surface area contributed by atoms with Crippen molar-refractivity contribution in [1.29, 1.82) is 0 Å². The number of ether oxygens (including phenoxy) is 1. The number of fused-ring (bicyclic) bond motifs is 1. The molecular weight excluding hydrogens is 300 g/mol. The van der Waals surface area contributed by atoms with Crippen molar-refractivity contribution in [2.24, 2.45) is 7.05 Å². The van der Waals surface area contributed by atoms with E-state index in [0.717, 1.165) is 27.9 Å². The van der Waals surface area contributed by atoms with Crippen LogP contribution in [0.4, 0.5) is 0 Å². The SMILES string of the molecule is COc1ccc2c(c1)c(C(=O)CN1[C@H](C)CCC[C@@H]1C)c(C)n2C. The van der Waals surface area contributed by atoms with Crippen LogP contribution in [0.5, 0.6) is 5.75 Å². The zero-order valence-corrected chi connectivity index (χ0v) is 15.4. The lowest BCUT2D eigenvalue weighted by Crippen LogP contribution is -2.46. The normalized spacial score (nSPS) is 22.0. The summed E-state index contributed by atoms with van der Waals surface area (Å²) in [7, 11) is 3.68. The lowest BCUT2D eigenvalue weighted by atomic mass is 9.96. The number of nitrogens with zero attached hydrogens (tertiary/aromatic N) is 2. The van der Waals surface area contributed by atoms with E-state index in [-0.39, 0.29) is 5.78 Å². The number of aryl methyl sites for hydroxylation is 1. The second kappa shape index (κ2) is 6.60. The number of hydrogen-bond acceptors (Lipinski definition) is 3. The van der Waals surface area contributed by atoms with E-state index in [2.05, 4.69) is 23.3 Å². The molecule has 24 heavy (non-hydrogen) atoms. The van der Waals surface area contributed by atoms with Crippen molar-refractivity contribution >= 4 is 16.7 Å². The maximum absolute atomic E-state index is 13.2. The van der Waals surface area contributed by atoms with Crippen LogP contribution in [0.15, 0.2) is 18.2 Å². The van der Waals surface area contributed by atoms with E-state index in [9.17, 15) is 4.79 Å². The van der Waals surface area contributed by atoms with Gasteiger partial charge in [-0.2, -0.15) is 0 Å². The zero-order chi connectivity index (χ0) is 17.4. The topological polar surface area (TPSA) is 34.5 Å². The minimum absolute atomic E-state index is 0.215. The molecule has 4 nitrogen and oxygen atoms in total. The molecule has 0 bridgehead atoms. The van der Waals surface area contributed by atoms with Gasteiger partial charge >= 0.3 is 0 Å². The van der Waals surface area contributed by atoms with Crippen LogP contribution >= 0.6 is 0 Å². The van der Waals surface area contributed by atoms with Gasteiger partial charge in [0.15, 0.2) is 5.78 Å². The number of piperidine rings is 1. The summed E-state index contributed by atoms with van der Waals surface area (Å²) in [6.07, 6.45) is 3.62. The van der Waals surface area contributed by atoms with Crippen LogP contribution in [0.3, 0.4) is 0 Å². The van der Waals surface area contributed by atoms with Crippen LogP contribution < -0.4 is 4.74 Å². The Bertz CT molecular complexity index is 753. The predicted molar refractivity (Wildman–Crippen MR) is 98.0 cm³/mol. The average molecular weight is 328 g/mol. The van der Waals surface area contributed by atoms with E-state index < -0.39 is 0 Å². The fourth-order valence-corrected chi connectivity index (χ4v) is 4.06. The van der Waals surface area contributed by atoms with Gasteiger partial charge < -0.3 is 9.30 Å². The van der Waals surface area contributed by atoms with Gasteiger partial charge in [0.05, 0.1) is 13.7 Å². The molecule has 2 atom stereocenters. The van der Waals surface area contributed by atoms with Crippen LogP contribution in [0.1, 0.15) is 49.2 Å². The van der Waals surface area contributed by atoms with Gasteiger partial charge in [-0.25, -0.2) is 0 Å². The molecule has 0 aliphatic carbocycles. The Hall–Kier alpha value is -1.81. The van der Waals surface area contributed by atoms with Crippen molar-refractivity contribution in [1.82, 2.24) is 9.47 Å². The largest absolute Gasteiger partial charge is 0.497 e. The number of likely N-dealkylation sites (tertiary alicyclic amines) is 1. The number of rotatable bonds is 4. The minimum atomic E-state index is 0.215. The molecule has 130 valence electrons. The molecule has 1 saturated heterocycles. The maximum atomic E-state index is 13.2. The number of aromatic nitrogens is 1. The molecule has 1 aliphatic rings. The molecule has 0 radical (unpaired) electrons. The first kappa shape index (κ1) is 17.0. The van der Waals surface area contributed by atoms with Crippen LogP contribution in [0.25, 0.3) is 10.9 Å². The summed E-state index contributed by atoms with van der Waals surface area (Å²) in [5, 5.41) is 0.997. The van der Waals surface area contributed by atoms with Crippen LogP contribution in [-0.4, -0.2) is 41.0 Å². The van der Waals surface area contributed by atoms with Gasteiger partial charge in [-0.15, -0.1) is 0 Å². The van der Waals surface area contributed by atoms with Gasteiger partial charge in [-0.1, -0.05) is 6.42 Å². The summed E-state index contributed by atoms with van der Waals surface area (Å²) >= 11 is 0. The highest BCUT2D eigenvalue weighted by Crippen LogP contribution is 2.30.